The van der Waals surface area contributed by atoms with Crippen molar-refractivity contribution < 1.29 is 13.2 Å². The molecule has 5 nitrogen and oxygen atoms in total. The average molecular weight is 387 g/mol. The van der Waals surface area contributed by atoms with E-state index in [-0.39, 0.29) is 11.9 Å². The van der Waals surface area contributed by atoms with Crippen molar-refractivity contribution in [2.75, 3.05) is 15.5 Å². The van der Waals surface area contributed by atoms with Gasteiger partial charge in [0, 0.05) is 11.7 Å². The molecule has 0 spiro atoms. The van der Waals surface area contributed by atoms with Crippen LogP contribution in [0.5, 0.6) is 0 Å². The maximum atomic E-state index is 13.4. The Morgan fingerprint density at radius 3 is 2.52 bits per heavy atom. The molecule has 0 radical (unpaired) electrons. The summed E-state index contributed by atoms with van der Waals surface area (Å²) in [5.41, 5.74) is 4.31. The summed E-state index contributed by atoms with van der Waals surface area (Å²) in [4.78, 5) is 15.1. The Kier molecular flexibility index (Phi) is 5.04. The highest BCUT2D eigenvalue weighted by atomic mass is 32.2. The number of aryl methyl sites for hydroxylation is 2. The van der Waals surface area contributed by atoms with Crippen LogP contribution in [0, 0.1) is 13.8 Å². The summed E-state index contributed by atoms with van der Waals surface area (Å²) < 4.78 is 26.5. The number of rotatable bonds is 4. The van der Waals surface area contributed by atoms with Crippen LogP contribution in [0.1, 0.15) is 30.5 Å². The monoisotopic (exact) mass is 386 g/mol. The minimum atomic E-state index is -3.64. The Morgan fingerprint density at radius 2 is 1.85 bits per heavy atom. The smallest absolute Gasteiger partial charge is 0.250 e. The molecule has 0 saturated carbocycles. The molecule has 27 heavy (non-hydrogen) atoms. The Hall–Kier alpha value is -2.34. The number of carbonyl (C=O) groups excluding carboxylic acids is 1. The van der Waals surface area contributed by atoms with Gasteiger partial charge < -0.3 is 4.90 Å². The van der Waals surface area contributed by atoms with E-state index in [1.165, 1.54) is 4.31 Å². The molecule has 2 atom stereocenters. The second-order valence-electron chi connectivity index (χ2n) is 7.41. The predicted molar refractivity (Wildman–Crippen MR) is 110 cm³/mol. The van der Waals surface area contributed by atoms with Crippen molar-refractivity contribution in [2.45, 2.75) is 46.2 Å². The summed E-state index contributed by atoms with van der Waals surface area (Å²) in [5.74, 6) is -0.209. The molecule has 6 heteroatoms. The van der Waals surface area contributed by atoms with E-state index < -0.39 is 16.1 Å². The van der Waals surface area contributed by atoms with E-state index in [2.05, 4.69) is 0 Å². The second kappa shape index (κ2) is 7.00. The molecule has 0 aromatic heterocycles. The molecule has 0 unspecified atom stereocenters. The fourth-order valence-electron chi connectivity index (χ4n) is 3.83. The van der Waals surface area contributed by atoms with E-state index in [0.717, 1.165) is 35.1 Å². The van der Waals surface area contributed by atoms with Crippen LogP contribution >= 0.6 is 0 Å². The second-order valence-corrected chi connectivity index (χ2v) is 9.27. The Bertz CT molecular complexity index is 985. The molecular formula is C21H26N2O3S. The lowest BCUT2D eigenvalue weighted by Gasteiger charge is -2.34. The number of amides is 1. The third kappa shape index (κ3) is 3.58. The normalized spacial score (nSPS) is 17.5. The summed E-state index contributed by atoms with van der Waals surface area (Å²) in [6, 6.07) is 12.6. The molecule has 0 saturated heterocycles. The molecule has 2 aromatic rings. The zero-order chi connectivity index (χ0) is 19.9. The molecule has 144 valence electrons. The lowest BCUT2D eigenvalue weighted by molar-refractivity contribution is -0.119. The first kappa shape index (κ1) is 19.4. The zero-order valence-corrected chi connectivity index (χ0v) is 17.2. The summed E-state index contributed by atoms with van der Waals surface area (Å²) >= 11 is 0. The Morgan fingerprint density at radius 1 is 1.19 bits per heavy atom. The quantitative estimate of drug-likeness (QED) is 0.809. The highest BCUT2D eigenvalue weighted by molar-refractivity contribution is 7.92. The first-order valence-corrected chi connectivity index (χ1v) is 10.9. The maximum absolute atomic E-state index is 13.4. The van der Waals surface area contributed by atoms with Crippen molar-refractivity contribution in [3.05, 3.63) is 59.2 Å². The lowest BCUT2D eigenvalue weighted by Crippen LogP contribution is -2.51. The first-order chi connectivity index (χ1) is 12.6. The molecule has 1 amide bonds. The highest BCUT2D eigenvalue weighted by Crippen LogP contribution is 2.34. The van der Waals surface area contributed by atoms with Crippen molar-refractivity contribution in [1.82, 2.24) is 0 Å². The van der Waals surface area contributed by atoms with E-state index in [1.807, 2.05) is 63.2 Å². The van der Waals surface area contributed by atoms with Crippen molar-refractivity contribution in [2.24, 2.45) is 0 Å². The van der Waals surface area contributed by atoms with Gasteiger partial charge in [0.15, 0.2) is 0 Å². The molecule has 0 aliphatic carbocycles. The Labute approximate surface area is 161 Å². The van der Waals surface area contributed by atoms with Crippen molar-refractivity contribution in [3.63, 3.8) is 0 Å². The van der Waals surface area contributed by atoms with Crippen LogP contribution < -0.4 is 9.21 Å². The van der Waals surface area contributed by atoms with Crippen LogP contribution in [-0.2, 0) is 21.2 Å². The minimum absolute atomic E-state index is 0.00244. The highest BCUT2D eigenvalue weighted by Gasteiger charge is 2.38. The van der Waals surface area contributed by atoms with Crippen LogP contribution in [0.15, 0.2) is 42.5 Å². The number of carbonyl (C=O) groups is 1. The van der Waals surface area contributed by atoms with Gasteiger partial charge in [-0.05, 0) is 62.9 Å². The lowest BCUT2D eigenvalue weighted by atomic mass is 10.1. The maximum Gasteiger partial charge on any atom is 0.250 e. The van der Waals surface area contributed by atoms with Crippen LogP contribution in [0.4, 0.5) is 11.4 Å². The largest absolute Gasteiger partial charge is 0.307 e. The molecule has 1 aliphatic heterocycles. The SMILES string of the molecule is Cc1ccc(C)c(N([C@@H](C)C(=O)N2c3ccccc3C[C@H]2C)S(C)(=O)=O)c1. The van der Waals surface area contributed by atoms with Crippen LogP contribution in [-0.4, -0.2) is 32.7 Å². The summed E-state index contributed by atoms with van der Waals surface area (Å²) in [6.07, 6.45) is 1.93. The predicted octanol–water partition coefficient (Wildman–Crippen LogP) is 3.44. The van der Waals surface area contributed by atoms with Crippen molar-refractivity contribution >= 4 is 27.3 Å². The molecule has 0 N–H and O–H groups in total. The Balaban J connectivity index is 2.04. The van der Waals surface area contributed by atoms with Crippen LogP contribution in [0.3, 0.4) is 0 Å². The number of benzene rings is 2. The first-order valence-electron chi connectivity index (χ1n) is 9.09. The molecule has 2 aromatic carbocycles. The van der Waals surface area contributed by atoms with E-state index in [4.69, 9.17) is 0 Å². The molecule has 3 rings (SSSR count). The van der Waals surface area contributed by atoms with Gasteiger partial charge in [-0.3, -0.25) is 9.10 Å². The van der Waals surface area contributed by atoms with Gasteiger partial charge in [-0.15, -0.1) is 0 Å². The molecule has 0 fully saturated rings. The van der Waals surface area contributed by atoms with Gasteiger partial charge in [0.2, 0.25) is 10.0 Å². The van der Waals surface area contributed by atoms with E-state index in [0.29, 0.717) is 5.69 Å². The van der Waals surface area contributed by atoms with Gasteiger partial charge in [0.05, 0.1) is 11.9 Å². The summed E-state index contributed by atoms with van der Waals surface area (Å²) in [6.45, 7) is 7.43. The number of para-hydroxylation sites is 1. The van der Waals surface area contributed by atoms with Gasteiger partial charge in [0.25, 0.3) is 5.91 Å². The molecule has 1 heterocycles. The number of nitrogens with zero attached hydrogens (tertiary/aromatic N) is 2. The number of hydrogen-bond donors (Lipinski definition) is 0. The number of anilines is 2. The fraction of sp³-hybridized carbons (Fsp3) is 0.381. The fourth-order valence-corrected chi connectivity index (χ4v) is 5.05. The standard InChI is InChI=1S/C21H26N2O3S/c1-14-10-11-15(2)20(12-14)23(27(5,25)26)17(4)21(24)22-16(3)13-18-8-6-7-9-19(18)22/h6-12,16-17H,13H2,1-5H3/t16-,17+/m1/s1. The van der Waals surface area contributed by atoms with E-state index >= 15 is 0 Å². The van der Waals surface area contributed by atoms with Crippen LogP contribution in [0.2, 0.25) is 0 Å². The average Bonchev–Trinajstić information content (AvgIpc) is 2.92. The van der Waals surface area contributed by atoms with E-state index in [1.54, 1.807) is 11.8 Å². The van der Waals surface area contributed by atoms with Gasteiger partial charge >= 0.3 is 0 Å². The topological polar surface area (TPSA) is 57.7 Å². The van der Waals surface area contributed by atoms with Gasteiger partial charge in [0.1, 0.15) is 6.04 Å². The third-order valence-corrected chi connectivity index (χ3v) is 6.34. The zero-order valence-electron chi connectivity index (χ0n) is 16.4. The number of sulfonamides is 1. The summed E-state index contributed by atoms with van der Waals surface area (Å²) in [7, 11) is -3.64. The molecule has 0 bridgehead atoms. The molecule has 1 aliphatic rings. The van der Waals surface area contributed by atoms with Crippen molar-refractivity contribution in [1.29, 1.82) is 0 Å². The number of hydrogen-bond acceptors (Lipinski definition) is 3. The summed E-state index contributed by atoms with van der Waals surface area (Å²) in [5, 5.41) is 0. The minimum Gasteiger partial charge on any atom is -0.307 e. The van der Waals surface area contributed by atoms with Gasteiger partial charge in [-0.2, -0.15) is 0 Å². The van der Waals surface area contributed by atoms with Gasteiger partial charge in [-0.1, -0.05) is 30.3 Å². The van der Waals surface area contributed by atoms with E-state index in [9.17, 15) is 13.2 Å². The molecular weight excluding hydrogens is 360 g/mol. The van der Waals surface area contributed by atoms with Gasteiger partial charge in [-0.25, -0.2) is 8.42 Å². The third-order valence-electron chi connectivity index (χ3n) is 5.11. The van der Waals surface area contributed by atoms with Crippen molar-refractivity contribution in [3.8, 4) is 0 Å². The van der Waals surface area contributed by atoms with Crippen LogP contribution in [0.25, 0.3) is 0 Å². The number of fused-ring (bicyclic) bond motifs is 1.